The van der Waals surface area contributed by atoms with Crippen molar-refractivity contribution in [1.82, 2.24) is 4.90 Å². The van der Waals surface area contributed by atoms with Gasteiger partial charge in [-0.15, -0.1) is 0 Å². The van der Waals surface area contributed by atoms with Crippen LogP contribution in [-0.4, -0.2) is 41.9 Å². The molecular formula is C18H25N3O3. The predicted molar refractivity (Wildman–Crippen MR) is 93.5 cm³/mol. The number of carbonyl (C=O) groups excluding carboxylic acids is 1. The third-order valence-electron chi connectivity index (χ3n) is 5.31. The lowest BCUT2D eigenvalue weighted by Gasteiger charge is -2.29. The van der Waals surface area contributed by atoms with E-state index in [1.54, 1.807) is 17.0 Å². The molecule has 1 aliphatic heterocycles. The van der Waals surface area contributed by atoms with Crippen molar-refractivity contribution in [3.05, 3.63) is 33.9 Å². The van der Waals surface area contributed by atoms with Gasteiger partial charge in [0, 0.05) is 37.8 Å². The van der Waals surface area contributed by atoms with Gasteiger partial charge in [0.15, 0.2) is 0 Å². The van der Waals surface area contributed by atoms with Gasteiger partial charge in [0.05, 0.1) is 4.92 Å². The zero-order valence-corrected chi connectivity index (χ0v) is 14.2. The number of nitro benzene ring substituents is 1. The van der Waals surface area contributed by atoms with Crippen molar-refractivity contribution in [3.8, 4) is 0 Å². The molecule has 0 spiro atoms. The maximum Gasteiger partial charge on any atom is 0.293 e. The van der Waals surface area contributed by atoms with Crippen LogP contribution in [0.3, 0.4) is 0 Å². The fraction of sp³-hybridized carbons (Fsp3) is 0.611. The Labute approximate surface area is 142 Å². The number of amides is 1. The van der Waals surface area contributed by atoms with Gasteiger partial charge in [-0.3, -0.25) is 14.9 Å². The highest BCUT2D eigenvalue weighted by molar-refractivity contribution is 5.95. The minimum atomic E-state index is -0.365. The molecule has 0 N–H and O–H groups in total. The Kier molecular flexibility index (Phi) is 5.02. The molecule has 0 atom stereocenters. The standard InChI is InChI=1S/C18H25N3O3/c1-19(15-7-3-4-8-15)18(22)14-9-10-16(17(13-14)21(23)24)20-11-5-2-6-12-20/h9-10,13,15H,2-8,11-12H2,1H3. The molecule has 24 heavy (non-hydrogen) atoms. The number of rotatable bonds is 4. The maximum absolute atomic E-state index is 12.7. The molecule has 1 heterocycles. The second-order valence-electron chi connectivity index (χ2n) is 6.86. The molecule has 0 bridgehead atoms. The zero-order chi connectivity index (χ0) is 17.1. The van der Waals surface area contributed by atoms with Gasteiger partial charge in [0.1, 0.15) is 5.69 Å². The summed E-state index contributed by atoms with van der Waals surface area (Å²) in [6, 6.07) is 5.21. The highest BCUT2D eigenvalue weighted by Crippen LogP contribution is 2.32. The number of carbonyl (C=O) groups is 1. The smallest absolute Gasteiger partial charge is 0.293 e. The number of anilines is 1. The van der Waals surface area contributed by atoms with Crippen molar-refractivity contribution in [2.45, 2.75) is 51.0 Å². The zero-order valence-electron chi connectivity index (χ0n) is 14.2. The van der Waals surface area contributed by atoms with E-state index in [0.717, 1.165) is 51.6 Å². The van der Waals surface area contributed by atoms with E-state index in [0.29, 0.717) is 11.3 Å². The van der Waals surface area contributed by atoms with Crippen LogP contribution in [0.5, 0.6) is 0 Å². The van der Waals surface area contributed by atoms with Crippen LogP contribution >= 0.6 is 0 Å². The Morgan fingerprint density at radius 2 is 1.83 bits per heavy atom. The highest BCUT2D eigenvalue weighted by atomic mass is 16.6. The minimum Gasteiger partial charge on any atom is -0.366 e. The molecule has 1 aliphatic carbocycles. The lowest BCUT2D eigenvalue weighted by molar-refractivity contribution is -0.384. The summed E-state index contributed by atoms with van der Waals surface area (Å²) in [4.78, 5) is 27.7. The Hall–Kier alpha value is -2.11. The summed E-state index contributed by atoms with van der Waals surface area (Å²) < 4.78 is 0. The van der Waals surface area contributed by atoms with Crippen molar-refractivity contribution in [1.29, 1.82) is 0 Å². The number of hydrogen-bond donors (Lipinski definition) is 0. The summed E-state index contributed by atoms with van der Waals surface area (Å²) in [6.45, 7) is 1.69. The number of nitro groups is 1. The lowest BCUT2D eigenvalue weighted by atomic mass is 10.1. The first-order chi connectivity index (χ1) is 11.6. The van der Waals surface area contributed by atoms with Crippen LogP contribution in [0.1, 0.15) is 55.3 Å². The summed E-state index contributed by atoms with van der Waals surface area (Å²) >= 11 is 0. The average molecular weight is 331 g/mol. The Bertz CT molecular complexity index is 620. The summed E-state index contributed by atoms with van der Waals surface area (Å²) in [5.74, 6) is -0.116. The van der Waals surface area contributed by atoms with Crippen LogP contribution < -0.4 is 4.90 Å². The highest BCUT2D eigenvalue weighted by Gasteiger charge is 2.27. The first kappa shape index (κ1) is 16.7. The number of benzene rings is 1. The topological polar surface area (TPSA) is 66.7 Å². The molecule has 0 aromatic heterocycles. The first-order valence-electron chi connectivity index (χ1n) is 8.88. The predicted octanol–water partition coefficient (Wildman–Crippen LogP) is 3.60. The second kappa shape index (κ2) is 7.20. The van der Waals surface area contributed by atoms with E-state index >= 15 is 0 Å². The van der Waals surface area contributed by atoms with Crippen LogP contribution in [0.25, 0.3) is 0 Å². The third-order valence-corrected chi connectivity index (χ3v) is 5.31. The van der Waals surface area contributed by atoms with Gasteiger partial charge >= 0.3 is 0 Å². The van der Waals surface area contributed by atoms with Gasteiger partial charge in [-0.05, 0) is 44.2 Å². The van der Waals surface area contributed by atoms with Crippen LogP contribution in [0.15, 0.2) is 18.2 Å². The van der Waals surface area contributed by atoms with E-state index in [-0.39, 0.29) is 22.6 Å². The lowest BCUT2D eigenvalue weighted by Crippen LogP contribution is -2.35. The first-order valence-corrected chi connectivity index (χ1v) is 8.88. The van der Waals surface area contributed by atoms with Crippen LogP contribution in [-0.2, 0) is 0 Å². The molecule has 1 aromatic carbocycles. The molecule has 130 valence electrons. The molecular weight excluding hydrogens is 306 g/mol. The molecule has 2 fully saturated rings. The average Bonchev–Trinajstić information content (AvgIpc) is 3.15. The SMILES string of the molecule is CN(C(=O)c1ccc(N2CCCCC2)c([N+](=O)[O-])c1)C1CCCC1. The van der Waals surface area contributed by atoms with E-state index in [2.05, 4.69) is 4.90 Å². The van der Waals surface area contributed by atoms with Gasteiger partial charge in [-0.2, -0.15) is 0 Å². The van der Waals surface area contributed by atoms with Crippen molar-refractivity contribution in [3.63, 3.8) is 0 Å². The quantitative estimate of drug-likeness (QED) is 0.624. The van der Waals surface area contributed by atoms with E-state index in [1.807, 2.05) is 7.05 Å². The van der Waals surface area contributed by atoms with Crippen molar-refractivity contribution in [2.75, 3.05) is 25.0 Å². The van der Waals surface area contributed by atoms with Gasteiger partial charge in [0.2, 0.25) is 0 Å². The molecule has 6 nitrogen and oxygen atoms in total. The van der Waals surface area contributed by atoms with Crippen LogP contribution in [0, 0.1) is 10.1 Å². The molecule has 2 aliphatic rings. The van der Waals surface area contributed by atoms with Gasteiger partial charge in [0.25, 0.3) is 11.6 Å². The Morgan fingerprint density at radius 3 is 2.46 bits per heavy atom. The Morgan fingerprint density at radius 1 is 1.17 bits per heavy atom. The van der Waals surface area contributed by atoms with Crippen molar-refractivity contribution in [2.24, 2.45) is 0 Å². The summed E-state index contributed by atoms with van der Waals surface area (Å²) in [6.07, 6.45) is 7.64. The van der Waals surface area contributed by atoms with E-state index in [1.165, 1.54) is 12.5 Å². The maximum atomic E-state index is 12.7. The fourth-order valence-corrected chi connectivity index (χ4v) is 3.87. The summed E-state index contributed by atoms with van der Waals surface area (Å²) in [5, 5.41) is 11.5. The summed E-state index contributed by atoms with van der Waals surface area (Å²) in [5.41, 5.74) is 1.10. The fourth-order valence-electron chi connectivity index (χ4n) is 3.87. The molecule has 6 heteroatoms. The molecule has 1 saturated carbocycles. The molecule has 1 amide bonds. The summed E-state index contributed by atoms with van der Waals surface area (Å²) in [7, 11) is 1.81. The monoisotopic (exact) mass is 331 g/mol. The van der Waals surface area contributed by atoms with Gasteiger partial charge in [-0.1, -0.05) is 12.8 Å². The van der Waals surface area contributed by atoms with Crippen molar-refractivity contribution < 1.29 is 9.72 Å². The number of piperidine rings is 1. The van der Waals surface area contributed by atoms with E-state index < -0.39 is 0 Å². The van der Waals surface area contributed by atoms with Crippen molar-refractivity contribution >= 4 is 17.3 Å². The molecule has 3 rings (SSSR count). The number of nitrogens with zero attached hydrogens (tertiary/aromatic N) is 3. The van der Waals surface area contributed by atoms with E-state index in [9.17, 15) is 14.9 Å². The largest absolute Gasteiger partial charge is 0.366 e. The van der Waals surface area contributed by atoms with Crippen LogP contribution in [0.4, 0.5) is 11.4 Å². The van der Waals surface area contributed by atoms with Crippen LogP contribution in [0.2, 0.25) is 0 Å². The normalized spacial score (nSPS) is 18.6. The van der Waals surface area contributed by atoms with E-state index in [4.69, 9.17) is 0 Å². The molecule has 0 radical (unpaired) electrons. The molecule has 1 aromatic rings. The second-order valence-corrected chi connectivity index (χ2v) is 6.86. The molecule has 1 saturated heterocycles. The third kappa shape index (κ3) is 3.37. The van der Waals surface area contributed by atoms with Gasteiger partial charge in [-0.25, -0.2) is 0 Å². The molecule has 0 unspecified atom stereocenters. The Balaban J connectivity index is 1.85. The van der Waals surface area contributed by atoms with Gasteiger partial charge < -0.3 is 9.80 Å². The number of hydrogen-bond acceptors (Lipinski definition) is 4. The minimum absolute atomic E-state index is 0.0440.